The number of nitrogens with zero attached hydrogens (tertiary/aromatic N) is 1. The van der Waals surface area contributed by atoms with E-state index in [1.807, 2.05) is 0 Å². The van der Waals surface area contributed by atoms with Crippen molar-refractivity contribution in [1.82, 2.24) is 21.1 Å². The normalized spacial score (nSPS) is 27.0. The Bertz CT molecular complexity index is 685. The number of likely N-dealkylation sites (tertiary alicyclic amines) is 1. The van der Waals surface area contributed by atoms with E-state index in [2.05, 4.69) is 33.2 Å². The quantitative estimate of drug-likeness (QED) is 0.236. The molecule has 0 aromatic carbocycles. The number of carbonyl (C=O) groups is 3. The number of carboxylic acids is 1. The van der Waals surface area contributed by atoms with Crippen LogP contribution in [0.5, 0.6) is 0 Å². The molecule has 3 rings (SSSR count). The monoisotopic (exact) mass is 392 g/mol. The number of nitrogens with one attached hydrogen (secondary N) is 3. The lowest BCUT2D eigenvalue weighted by Crippen LogP contribution is -2.51. The first-order valence-corrected chi connectivity index (χ1v) is 9.58. The SMILES string of the molecule is O=C(O)C=CC(=O)NNC(=O)C1CCN(C(=S)NC2CC3C=CC2C3)CC1. The molecular formula is C18H24N4O4S. The van der Waals surface area contributed by atoms with Crippen molar-refractivity contribution in [2.45, 2.75) is 31.7 Å². The van der Waals surface area contributed by atoms with Gasteiger partial charge in [0, 0.05) is 37.2 Å². The van der Waals surface area contributed by atoms with Crippen LogP contribution in [0.25, 0.3) is 0 Å². The number of allylic oxidation sites excluding steroid dienone is 1. The Morgan fingerprint density at radius 2 is 1.81 bits per heavy atom. The van der Waals surface area contributed by atoms with E-state index in [0.717, 1.165) is 17.6 Å². The zero-order valence-corrected chi connectivity index (χ0v) is 15.7. The summed E-state index contributed by atoms with van der Waals surface area (Å²) < 4.78 is 0. The summed E-state index contributed by atoms with van der Waals surface area (Å²) in [5.74, 6) is -1.13. The van der Waals surface area contributed by atoms with E-state index in [9.17, 15) is 14.4 Å². The van der Waals surface area contributed by atoms with Crippen molar-refractivity contribution in [3.63, 3.8) is 0 Å². The lowest BCUT2D eigenvalue weighted by Gasteiger charge is -2.35. The largest absolute Gasteiger partial charge is 0.478 e. The van der Waals surface area contributed by atoms with Gasteiger partial charge in [-0.15, -0.1) is 0 Å². The first-order chi connectivity index (χ1) is 12.9. The highest BCUT2D eigenvalue weighted by Gasteiger charge is 2.36. The highest BCUT2D eigenvalue weighted by molar-refractivity contribution is 7.80. The van der Waals surface area contributed by atoms with Crippen molar-refractivity contribution in [3.05, 3.63) is 24.3 Å². The number of carboxylic acid groups (broad SMARTS) is 1. The van der Waals surface area contributed by atoms with E-state index in [1.165, 1.54) is 6.42 Å². The van der Waals surface area contributed by atoms with E-state index in [0.29, 0.717) is 49.9 Å². The Hall–Kier alpha value is -2.42. The second kappa shape index (κ2) is 8.51. The Morgan fingerprint density at radius 1 is 1.07 bits per heavy atom. The van der Waals surface area contributed by atoms with Gasteiger partial charge in [0.05, 0.1) is 0 Å². The van der Waals surface area contributed by atoms with Crippen molar-refractivity contribution in [3.8, 4) is 0 Å². The van der Waals surface area contributed by atoms with Gasteiger partial charge in [0.25, 0.3) is 5.91 Å². The van der Waals surface area contributed by atoms with Gasteiger partial charge >= 0.3 is 5.97 Å². The molecular weight excluding hydrogens is 368 g/mol. The summed E-state index contributed by atoms with van der Waals surface area (Å²) in [6, 6.07) is 0.419. The van der Waals surface area contributed by atoms with Gasteiger partial charge in [-0.2, -0.15) is 0 Å². The zero-order valence-electron chi connectivity index (χ0n) is 14.9. The first-order valence-electron chi connectivity index (χ1n) is 9.17. The Kier molecular flexibility index (Phi) is 6.10. The first kappa shape index (κ1) is 19.3. The third-order valence-corrected chi connectivity index (χ3v) is 5.80. The molecule has 9 heteroatoms. The Balaban J connectivity index is 1.37. The maximum Gasteiger partial charge on any atom is 0.328 e. The van der Waals surface area contributed by atoms with Gasteiger partial charge in [-0.1, -0.05) is 12.2 Å². The van der Waals surface area contributed by atoms with Crippen molar-refractivity contribution < 1.29 is 19.5 Å². The number of hydrogen-bond donors (Lipinski definition) is 4. The molecule has 4 N–H and O–H groups in total. The zero-order chi connectivity index (χ0) is 19.4. The minimum atomic E-state index is -1.23. The highest BCUT2D eigenvalue weighted by Crippen LogP contribution is 2.39. The van der Waals surface area contributed by atoms with Gasteiger partial charge in [-0.3, -0.25) is 20.4 Å². The van der Waals surface area contributed by atoms with Crippen molar-refractivity contribution in [2.24, 2.45) is 17.8 Å². The number of fused-ring (bicyclic) bond motifs is 2. The van der Waals surface area contributed by atoms with Gasteiger partial charge in [0.15, 0.2) is 5.11 Å². The fraction of sp³-hybridized carbons (Fsp3) is 0.556. The molecule has 2 fully saturated rings. The summed E-state index contributed by atoms with van der Waals surface area (Å²) >= 11 is 5.54. The maximum atomic E-state index is 12.1. The molecule has 0 aromatic rings. The number of thiocarbonyl (C=S) groups is 1. The molecule has 1 aliphatic heterocycles. The molecule has 1 heterocycles. The number of rotatable bonds is 4. The highest BCUT2D eigenvalue weighted by atomic mass is 32.1. The molecule has 1 saturated heterocycles. The predicted octanol–water partition coefficient (Wildman–Crippen LogP) is 0.326. The third-order valence-electron chi connectivity index (χ3n) is 5.43. The fourth-order valence-corrected chi connectivity index (χ4v) is 4.29. The van der Waals surface area contributed by atoms with Gasteiger partial charge in [-0.05, 0) is 49.7 Å². The standard InChI is InChI=1S/C18H24N4O4S/c23-15(3-4-16(24)25)20-21-17(26)12-5-7-22(8-6-12)18(27)19-14-10-11-1-2-13(14)9-11/h1-4,11-14H,5-10H2,(H,19,27)(H,20,23)(H,21,26)(H,24,25). The molecule has 1 saturated carbocycles. The summed E-state index contributed by atoms with van der Waals surface area (Å²) in [5.41, 5.74) is 4.53. The summed E-state index contributed by atoms with van der Waals surface area (Å²) in [6.45, 7) is 1.38. The molecule has 8 nitrogen and oxygen atoms in total. The topological polar surface area (TPSA) is 111 Å². The number of carbonyl (C=O) groups excluding carboxylic acids is 2. The van der Waals surface area contributed by atoms with E-state index in [-0.39, 0.29) is 11.8 Å². The minimum absolute atomic E-state index is 0.210. The van der Waals surface area contributed by atoms with Gasteiger partial charge in [0.1, 0.15) is 0 Å². The summed E-state index contributed by atoms with van der Waals surface area (Å²) in [7, 11) is 0. The van der Waals surface area contributed by atoms with Crippen molar-refractivity contribution in [1.29, 1.82) is 0 Å². The molecule has 2 amide bonds. The number of amides is 2. The molecule has 2 bridgehead atoms. The van der Waals surface area contributed by atoms with Gasteiger partial charge in [-0.25, -0.2) is 4.79 Å². The van der Waals surface area contributed by atoms with Crippen LogP contribution in [0.1, 0.15) is 25.7 Å². The molecule has 0 spiro atoms. The molecule has 0 radical (unpaired) electrons. The van der Waals surface area contributed by atoms with Crippen LogP contribution in [0.3, 0.4) is 0 Å². The Labute approximate surface area is 163 Å². The van der Waals surface area contributed by atoms with Crippen LogP contribution in [-0.4, -0.2) is 52.0 Å². The van der Waals surface area contributed by atoms with Gasteiger partial charge < -0.3 is 15.3 Å². The number of aliphatic carboxylic acids is 1. The Morgan fingerprint density at radius 3 is 2.41 bits per heavy atom. The minimum Gasteiger partial charge on any atom is -0.478 e. The molecule has 146 valence electrons. The second-order valence-corrected chi connectivity index (χ2v) is 7.63. The average molecular weight is 392 g/mol. The van der Waals surface area contributed by atoms with Crippen molar-refractivity contribution >= 4 is 35.1 Å². The van der Waals surface area contributed by atoms with Crippen LogP contribution < -0.4 is 16.2 Å². The molecule has 3 unspecified atom stereocenters. The molecule has 3 aliphatic rings. The molecule has 0 aromatic heterocycles. The fourth-order valence-electron chi connectivity index (χ4n) is 3.96. The lowest BCUT2D eigenvalue weighted by atomic mass is 9.96. The molecule has 2 aliphatic carbocycles. The van der Waals surface area contributed by atoms with E-state index in [4.69, 9.17) is 17.3 Å². The molecule has 27 heavy (non-hydrogen) atoms. The average Bonchev–Trinajstić information content (AvgIpc) is 3.27. The predicted molar refractivity (Wildman–Crippen MR) is 102 cm³/mol. The number of hydrogen-bond acceptors (Lipinski definition) is 4. The van der Waals surface area contributed by atoms with Crippen LogP contribution in [0, 0.1) is 17.8 Å². The number of hydrazine groups is 1. The van der Waals surface area contributed by atoms with Crippen LogP contribution in [0.4, 0.5) is 0 Å². The summed E-state index contributed by atoms with van der Waals surface area (Å²) in [5, 5.41) is 12.7. The van der Waals surface area contributed by atoms with E-state index >= 15 is 0 Å². The van der Waals surface area contributed by atoms with Crippen LogP contribution >= 0.6 is 12.2 Å². The second-order valence-electron chi connectivity index (χ2n) is 7.25. The van der Waals surface area contributed by atoms with Crippen LogP contribution in [0.15, 0.2) is 24.3 Å². The summed E-state index contributed by atoms with van der Waals surface area (Å²) in [6.07, 6.45) is 9.78. The van der Waals surface area contributed by atoms with Crippen molar-refractivity contribution in [2.75, 3.05) is 13.1 Å². The molecule has 3 atom stereocenters. The lowest BCUT2D eigenvalue weighted by molar-refractivity contribution is -0.131. The van der Waals surface area contributed by atoms with E-state index < -0.39 is 11.9 Å². The van der Waals surface area contributed by atoms with Crippen LogP contribution in [0.2, 0.25) is 0 Å². The number of piperidine rings is 1. The maximum absolute atomic E-state index is 12.1. The van der Waals surface area contributed by atoms with Gasteiger partial charge in [0.2, 0.25) is 5.91 Å². The van der Waals surface area contributed by atoms with E-state index in [1.54, 1.807) is 0 Å². The smallest absolute Gasteiger partial charge is 0.328 e. The summed E-state index contributed by atoms with van der Waals surface area (Å²) in [4.78, 5) is 36.0. The van der Waals surface area contributed by atoms with Crippen LogP contribution in [-0.2, 0) is 14.4 Å². The third kappa shape index (κ3) is 5.06.